The van der Waals surface area contributed by atoms with Crippen LogP contribution in [0.15, 0.2) is 0 Å². The molecular formula is C24H48N16O16Zr8+16. The van der Waals surface area contributed by atoms with Crippen molar-refractivity contribution in [2.45, 2.75) is 55.4 Å². The first-order chi connectivity index (χ1) is 25.2. The maximum atomic E-state index is 9.11. The minimum atomic E-state index is -0.583. The van der Waals surface area contributed by atoms with Gasteiger partial charge in [0.15, 0.2) is 0 Å². The van der Waals surface area contributed by atoms with Crippen LogP contribution in [0.25, 0.3) is 91.7 Å². The molecule has 0 aromatic rings. The van der Waals surface area contributed by atoms with E-state index in [-0.39, 0.29) is 261 Å². The van der Waals surface area contributed by atoms with Crippen LogP contribution in [0.3, 0.4) is 0 Å². The summed E-state index contributed by atoms with van der Waals surface area (Å²) < 4.78 is 0. The Kier molecular flexibility index (Phi) is 602. The monoisotopic (exact) mass is 1540 g/mol. The molecule has 0 radical (unpaired) electrons. The van der Waals surface area contributed by atoms with Gasteiger partial charge < -0.3 is 168 Å². The minimum absolute atomic E-state index is 0. The van der Waals surface area contributed by atoms with Gasteiger partial charge in [-0.3, -0.25) is 0 Å². The van der Waals surface area contributed by atoms with Gasteiger partial charge in [0.25, 0.3) is 0 Å². The van der Waals surface area contributed by atoms with Gasteiger partial charge >= 0.3 is 210 Å². The third-order valence-corrected chi connectivity index (χ3v) is 0. The van der Waals surface area contributed by atoms with Crippen molar-refractivity contribution in [3.63, 3.8) is 0 Å². The molecule has 336 valence electrons. The van der Waals surface area contributed by atoms with Gasteiger partial charge in [0.2, 0.25) is 0 Å². The van der Waals surface area contributed by atoms with E-state index in [0.29, 0.717) is 0 Å². The topological polar surface area (TPSA) is 654 Å². The van der Waals surface area contributed by atoms with Gasteiger partial charge in [0, 0.05) is 98.5 Å². The van der Waals surface area contributed by atoms with E-state index in [1.165, 1.54) is 55.4 Å². The molecule has 40 heteroatoms. The van der Waals surface area contributed by atoms with Gasteiger partial charge in [0.05, 0.1) is 0 Å². The fraction of sp³-hybridized carbons (Fsp3) is 0.333. The standard InChI is InChI=1S/8C2H5NO.8CH3NO.8Zr/c8*1-2(3)4;8*2-1-3;;;;;;;;/h8*1H3,(H2,3,4);8*1H,(H2,2,3);;;;;;;;/q;;;;;;;;;;;;;;;;8*+4/p-16. The summed E-state index contributed by atoms with van der Waals surface area (Å²) >= 11 is 0. The van der Waals surface area contributed by atoms with Gasteiger partial charge in [-0.2, -0.15) is 0 Å². The second-order valence-corrected chi connectivity index (χ2v) is 5.39. The molecule has 0 aliphatic rings. The fourth-order valence-electron chi connectivity index (χ4n) is 0. The Morgan fingerprint density at radius 1 is 0.203 bits per heavy atom. The Morgan fingerprint density at radius 3 is 0.203 bits per heavy atom. The van der Waals surface area contributed by atoms with Gasteiger partial charge in [-0.15, -0.1) is 0 Å². The van der Waals surface area contributed by atoms with Crippen molar-refractivity contribution in [2.75, 3.05) is 0 Å². The molecule has 0 rings (SSSR count). The molecule has 0 atom stereocenters. The van der Waals surface area contributed by atoms with Crippen LogP contribution in [0.5, 0.6) is 0 Å². The molecule has 0 heterocycles. The van der Waals surface area contributed by atoms with E-state index in [4.69, 9.17) is 168 Å². The Morgan fingerprint density at radius 2 is 0.203 bits per heavy atom. The number of amides is 16. The molecule has 16 amide bonds. The molecule has 64 heavy (non-hydrogen) atoms. The van der Waals surface area contributed by atoms with Crippen molar-refractivity contribution in [3.05, 3.63) is 91.7 Å². The van der Waals surface area contributed by atoms with E-state index < -0.39 is 47.3 Å². The molecule has 0 saturated carbocycles. The Hall–Kier alpha value is -1.42. The molecule has 16 N–H and O–H groups in total. The SMILES string of the molecule is CC([NH-])=O.CC([NH-])=O.CC([NH-])=O.CC([NH-])=O.CC([NH-])=O.CC([NH-])=O.CC([NH-])=O.CC([NH-])=O.[NH-]C=O.[NH-]C=O.[NH-]C=O.[NH-]C=O.[NH-]C=O.[NH-]C=O.[NH-]C=O.[NH-]C=O.[Zr+4].[Zr+4].[Zr+4].[Zr+4].[Zr+4].[Zr+4].[Zr+4].[Zr+4]. The van der Waals surface area contributed by atoms with Crippen LogP contribution < -0.4 is 0 Å². The zero-order valence-corrected chi connectivity index (χ0v) is 54.8. The maximum Gasteiger partial charge on any atom is 4.00 e. The van der Waals surface area contributed by atoms with Crippen LogP contribution in [0, 0.1) is 0 Å². The van der Waals surface area contributed by atoms with Gasteiger partial charge in [-0.05, 0) is 55.4 Å². The normalized spacial score (nSPS) is 4.62. The quantitative estimate of drug-likeness (QED) is 0.243. The largest absolute Gasteiger partial charge is 4.00 e. The summed E-state index contributed by atoms with van der Waals surface area (Å²) in [6.45, 7) is 9.56. The number of hydrogen-bond acceptors (Lipinski definition) is 16. The van der Waals surface area contributed by atoms with E-state index in [1.807, 2.05) is 0 Å². The van der Waals surface area contributed by atoms with Gasteiger partial charge in [0.1, 0.15) is 0 Å². The first kappa shape index (κ1) is 159. The average Bonchev–Trinajstić information content (AvgIpc) is 2.90. The van der Waals surface area contributed by atoms with Crippen LogP contribution in [-0.2, 0) is 286 Å². The van der Waals surface area contributed by atoms with Crippen molar-refractivity contribution in [2.24, 2.45) is 0 Å². The van der Waals surface area contributed by atoms with Gasteiger partial charge in [-0.25, -0.2) is 0 Å². The molecule has 0 aliphatic carbocycles. The Balaban J connectivity index is -0.0000000120. The van der Waals surface area contributed by atoms with Crippen LogP contribution in [-0.4, -0.2) is 98.5 Å². The van der Waals surface area contributed by atoms with E-state index in [9.17, 15) is 0 Å². The zero-order valence-electron chi connectivity index (χ0n) is 35.2. The van der Waals surface area contributed by atoms with Crippen LogP contribution in [0.4, 0.5) is 0 Å². The summed E-state index contributed by atoms with van der Waals surface area (Å²) in [5.41, 5.74) is 91.8. The summed E-state index contributed by atoms with van der Waals surface area (Å²) in [7, 11) is 0. The van der Waals surface area contributed by atoms with Crippen LogP contribution >= 0.6 is 0 Å². The van der Waals surface area contributed by atoms with E-state index in [2.05, 4.69) is 0 Å². The predicted molar refractivity (Wildman–Crippen MR) is 203 cm³/mol. The summed E-state index contributed by atoms with van der Waals surface area (Å²) in [5.74, 6) is -4.67. The molecular weight excluding hydrogens is 1500 g/mol. The fourth-order valence-corrected chi connectivity index (χ4v) is 0. The van der Waals surface area contributed by atoms with Crippen LogP contribution in [0.2, 0.25) is 0 Å². The first-order valence-corrected chi connectivity index (χ1v) is 11.8. The van der Waals surface area contributed by atoms with E-state index >= 15 is 0 Å². The van der Waals surface area contributed by atoms with Crippen molar-refractivity contribution in [3.8, 4) is 0 Å². The first-order valence-electron chi connectivity index (χ1n) is 11.8. The average molecular weight is 1550 g/mol. The molecule has 0 bridgehead atoms. The second-order valence-electron chi connectivity index (χ2n) is 5.39. The van der Waals surface area contributed by atoms with Crippen molar-refractivity contribution in [1.82, 2.24) is 0 Å². The van der Waals surface area contributed by atoms with Crippen LogP contribution in [0.1, 0.15) is 55.4 Å². The summed E-state index contributed by atoms with van der Waals surface area (Å²) in [6, 6.07) is 0. The second kappa shape index (κ2) is 242. The van der Waals surface area contributed by atoms with Gasteiger partial charge in [-0.1, -0.05) is 0 Å². The molecule has 0 aliphatic heterocycles. The van der Waals surface area contributed by atoms with E-state index in [1.54, 1.807) is 0 Å². The smallest absolute Gasteiger partial charge is 0.671 e. The number of hydrogen-bond donors (Lipinski definition) is 0. The maximum absolute atomic E-state index is 9.11. The molecule has 0 fully saturated rings. The minimum Gasteiger partial charge on any atom is -0.671 e. The molecule has 0 saturated heterocycles. The predicted octanol–water partition coefficient (Wildman–Crippen LogP) is 6.22. The number of nitrogens with one attached hydrogen (secondary N) is 16. The molecule has 0 unspecified atom stereocenters. The Labute approximate surface area is 524 Å². The zero-order chi connectivity index (χ0) is 50.3. The molecule has 0 aromatic carbocycles. The third-order valence-electron chi connectivity index (χ3n) is 0. The van der Waals surface area contributed by atoms with Crippen molar-refractivity contribution < 1.29 is 286 Å². The summed E-state index contributed by atoms with van der Waals surface area (Å²) in [4.78, 5) is 141. The van der Waals surface area contributed by atoms with Crippen molar-refractivity contribution >= 4 is 98.5 Å². The number of carbonyl (C=O) groups excluding carboxylic acids is 16. The Bertz CT molecular complexity index is 714. The number of rotatable bonds is 0. The van der Waals surface area contributed by atoms with E-state index in [0.717, 1.165) is 0 Å². The summed E-state index contributed by atoms with van der Waals surface area (Å²) in [6.07, 6.45) is 0. The molecule has 32 nitrogen and oxygen atoms in total. The molecule has 0 aromatic heterocycles. The number of carbonyl (C=O) groups is 16. The third kappa shape index (κ3) is 107000. The molecule has 0 spiro atoms. The van der Waals surface area contributed by atoms with Crippen molar-refractivity contribution in [1.29, 1.82) is 0 Å². The summed E-state index contributed by atoms with van der Waals surface area (Å²) in [5, 5.41) is 0.